The fraction of sp³-hybridized carbons (Fsp3) is 0.531. The molecule has 48 heavy (non-hydrogen) atoms. The molecule has 0 unspecified atom stereocenters. The number of nitrogens with zero attached hydrogens (tertiary/aromatic N) is 6. The number of hydrogen-bond donors (Lipinski definition) is 1. The molecule has 0 radical (unpaired) electrons. The highest BCUT2D eigenvalue weighted by Gasteiger charge is 2.42. The average Bonchev–Trinajstić information content (AvgIpc) is 3.60. The van der Waals surface area contributed by atoms with Crippen molar-refractivity contribution in [1.82, 2.24) is 24.1 Å². The molecule has 0 saturated carbocycles. The van der Waals surface area contributed by atoms with E-state index in [-0.39, 0.29) is 34.9 Å². The highest BCUT2D eigenvalue weighted by molar-refractivity contribution is 6.33. The second kappa shape index (κ2) is 12.4. The first-order valence-corrected chi connectivity index (χ1v) is 16.2. The molecule has 2 aromatic heterocycles. The fourth-order valence-corrected chi connectivity index (χ4v) is 6.73. The third-order valence-corrected chi connectivity index (χ3v) is 9.05. The summed E-state index contributed by atoms with van der Waals surface area (Å²) in [7, 11) is 0. The maximum absolute atomic E-state index is 14.3. The van der Waals surface area contributed by atoms with Crippen molar-refractivity contribution in [2.45, 2.75) is 77.2 Å². The molecule has 16 heteroatoms. The van der Waals surface area contributed by atoms with E-state index in [2.05, 4.69) is 10.4 Å². The second-order valence-corrected chi connectivity index (χ2v) is 13.8. The van der Waals surface area contributed by atoms with E-state index in [0.717, 1.165) is 23.8 Å². The van der Waals surface area contributed by atoms with Gasteiger partial charge in [0.25, 0.3) is 5.56 Å². The van der Waals surface area contributed by atoms with Gasteiger partial charge in [0, 0.05) is 31.6 Å². The van der Waals surface area contributed by atoms with Gasteiger partial charge in [-0.2, -0.15) is 22.7 Å². The average molecular weight is 692 g/mol. The van der Waals surface area contributed by atoms with Crippen LogP contribution in [0.15, 0.2) is 29.1 Å². The summed E-state index contributed by atoms with van der Waals surface area (Å²) in [6.45, 7) is 11.0. The van der Waals surface area contributed by atoms with Gasteiger partial charge in [-0.15, -0.1) is 5.10 Å². The topological polar surface area (TPSA) is 123 Å². The number of carbonyl (C=O) groups is 2. The van der Waals surface area contributed by atoms with E-state index in [9.17, 15) is 27.6 Å². The summed E-state index contributed by atoms with van der Waals surface area (Å²) >= 11 is 6.18. The van der Waals surface area contributed by atoms with E-state index < -0.39 is 40.9 Å². The number of nitrogens with one attached hydrogen (secondary N) is 1. The number of halogens is 4. The number of benzene rings is 1. The maximum atomic E-state index is 14.3. The zero-order valence-corrected chi connectivity index (χ0v) is 28.0. The van der Waals surface area contributed by atoms with E-state index in [4.69, 9.17) is 26.1 Å². The molecule has 1 N–H and O–H groups in total. The molecule has 258 valence electrons. The van der Waals surface area contributed by atoms with Crippen LogP contribution in [-0.4, -0.2) is 80.6 Å². The van der Waals surface area contributed by atoms with Crippen molar-refractivity contribution >= 4 is 46.3 Å². The molecule has 1 fully saturated rings. The first kappa shape index (κ1) is 33.8. The molecule has 3 aliphatic heterocycles. The fourth-order valence-electron chi connectivity index (χ4n) is 6.51. The summed E-state index contributed by atoms with van der Waals surface area (Å²) in [4.78, 5) is 49.5. The summed E-state index contributed by atoms with van der Waals surface area (Å²) in [6, 6.07) is 1.54. The van der Waals surface area contributed by atoms with Gasteiger partial charge in [-0.25, -0.2) is 4.79 Å². The minimum absolute atomic E-state index is 0.0228. The van der Waals surface area contributed by atoms with Crippen LogP contribution in [0.1, 0.15) is 76.5 Å². The maximum Gasteiger partial charge on any atom is 0.416 e. The molecule has 12 nitrogen and oxygen atoms in total. The number of aromatic nitrogens is 4. The number of anilines is 2. The quantitative estimate of drug-likeness (QED) is 0.381. The molecule has 0 bridgehead atoms. The Morgan fingerprint density at radius 2 is 1.90 bits per heavy atom. The van der Waals surface area contributed by atoms with Crippen molar-refractivity contribution in [2.24, 2.45) is 0 Å². The van der Waals surface area contributed by atoms with Crippen LogP contribution in [0.2, 0.25) is 5.02 Å². The van der Waals surface area contributed by atoms with Crippen LogP contribution < -0.4 is 15.8 Å². The van der Waals surface area contributed by atoms with Crippen LogP contribution in [0.3, 0.4) is 0 Å². The monoisotopic (exact) mass is 691 g/mol. The van der Waals surface area contributed by atoms with Crippen molar-refractivity contribution < 1.29 is 32.2 Å². The van der Waals surface area contributed by atoms with Crippen molar-refractivity contribution in [3.05, 3.63) is 56.7 Å². The van der Waals surface area contributed by atoms with Gasteiger partial charge in [0.2, 0.25) is 11.7 Å². The molecule has 3 aromatic rings. The molecule has 0 spiro atoms. The molecule has 1 aromatic carbocycles. The highest BCUT2D eigenvalue weighted by Crippen LogP contribution is 2.42. The first-order chi connectivity index (χ1) is 22.5. The van der Waals surface area contributed by atoms with Crippen molar-refractivity contribution in [3.8, 4) is 0 Å². The minimum atomic E-state index is -4.60. The zero-order valence-electron chi connectivity index (χ0n) is 27.2. The van der Waals surface area contributed by atoms with Crippen LogP contribution in [0.4, 0.5) is 29.3 Å². The lowest BCUT2D eigenvalue weighted by molar-refractivity contribution is -0.137. The lowest BCUT2D eigenvalue weighted by atomic mass is 10.0. The van der Waals surface area contributed by atoms with Gasteiger partial charge >= 0.3 is 12.3 Å². The van der Waals surface area contributed by atoms with Crippen molar-refractivity contribution in [2.75, 3.05) is 43.1 Å². The number of rotatable bonds is 4. The number of fused-ring (bicyclic) bond motifs is 3. The molecule has 6 rings (SSSR count). The number of ether oxygens (including phenoxy) is 2. The number of alkyl halides is 3. The van der Waals surface area contributed by atoms with Crippen LogP contribution >= 0.6 is 11.6 Å². The second-order valence-electron chi connectivity index (χ2n) is 13.4. The molecule has 1 saturated heterocycles. The molecular weight excluding hydrogens is 655 g/mol. The third-order valence-electron chi connectivity index (χ3n) is 8.74. The largest absolute Gasteiger partial charge is 0.444 e. The Hall–Kier alpha value is -4.11. The Morgan fingerprint density at radius 3 is 2.52 bits per heavy atom. The van der Waals surface area contributed by atoms with Crippen molar-refractivity contribution in [3.63, 3.8) is 0 Å². The summed E-state index contributed by atoms with van der Waals surface area (Å²) in [5, 5.41) is 7.03. The lowest BCUT2D eigenvalue weighted by Gasteiger charge is -2.41. The summed E-state index contributed by atoms with van der Waals surface area (Å²) < 4.78 is 53.7. The number of carbonyl (C=O) groups excluding carboxylic acids is 2. The van der Waals surface area contributed by atoms with Crippen molar-refractivity contribution in [1.29, 1.82) is 0 Å². The minimum Gasteiger partial charge on any atom is -0.444 e. The van der Waals surface area contributed by atoms with Gasteiger partial charge < -0.3 is 24.6 Å². The predicted molar refractivity (Wildman–Crippen MR) is 172 cm³/mol. The van der Waals surface area contributed by atoms with Crippen LogP contribution in [0.5, 0.6) is 0 Å². The first-order valence-electron chi connectivity index (χ1n) is 15.8. The Bertz CT molecular complexity index is 1870. The summed E-state index contributed by atoms with van der Waals surface area (Å²) in [6.07, 6.45) is -2.36. The van der Waals surface area contributed by atoms with Gasteiger partial charge in [0.15, 0.2) is 5.82 Å². The normalized spacial score (nSPS) is 21.7. The summed E-state index contributed by atoms with van der Waals surface area (Å²) in [5.41, 5.74) is -0.236. The van der Waals surface area contributed by atoms with Crippen LogP contribution in [0, 0.1) is 0 Å². The van der Waals surface area contributed by atoms with E-state index >= 15 is 0 Å². The molecule has 3 atom stereocenters. The zero-order chi connectivity index (χ0) is 34.7. The molecule has 0 aliphatic carbocycles. The van der Waals surface area contributed by atoms with Gasteiger partial charge in [-0.1, -0.05) is 24.6 Å². The standard InChI is InChI=1S/C32H37ClF3N7O5/c1-17-14-23(27(44)37-22-7-6-20(15-21(22)33)32(34,35)36)42-24(17)25(40-10-11-41(18(2)16-40)30(46)48-31(3,4)5)28(45)43-29(42)38-26(39-43)19-8-12-47-13-9-19/h6-8,15,17-18,23H,9-14,16H2,1-5H3,(H,37,44)/t17-,18+,23-/m0/s1. The third kappa shape index (κ3) is 6.37. The van der Waals surface area contributed by atoms with E-state index in [1.54, 1.807) is 30.2 Å². The summed E-state index contributed by atoms with van der Waals surface area (Å²) in [5.74, 6) is -0.311. The number of hydrogen-bond acceptors (Lipinski definition) is 8. The number of piperazine rings is 1. The number of amides is 2. The van der Waals surface area contributed by atoms with E-state index in [1.807, 2.05) is 24.8 Å². The molecule has 5 heterocycles. The van der Waals surface area contributed by atoms with Crippen LogP contribution in [0.25, 0.3) is 11.4 Å². The predicted octanol–water partition coefficient (Wildman–Crippen LogP) is 5.50. The Morgan fingerprint density at radius 1 is 1.15 bits per heavy atom. The van der Waals surface area contributed by atoms with Crippen LogP contribution in [-0.2, 0) is 20.4 Å². The SMILES string of the molecule is C[C@@H]1CN(c2c3n(c4nc(C5=CCOCC5)nn4c2=O)[C@H](C(=O)Nc2ccc(C(F)(F)F)cc2Cl)C[C@@H]3C)CCN1C(=O)OC(C)(C)C. The van der Waals surface area contributed by atoms with E-state index in [1.165, 1.54) is 4.52 Å². The Kier molecular flexibility index (Phi) is 8.73. The smallest absolute Gasteiger partial charge is 0.416 e. The molecule has 3 aliphatic rings. The highest BCUT2D eigenvalue weighted by atomic mass is 35.5. The van der Waals surface area contributed by atoms with Gasteiger partial charge in [-0.3, -0.25) is 14.2 Å². The molecule has 2 amide bonds. The molecular formula is C32H37ClF3N7O5. The Labute approximate surface area is 279 Å². The van der Waals surface area contributed by atoms with Gasteiger partial charge in [0.1, 0.15) is 17.3 Å². The lowest BCUT2D eigenvalue weighted by Crippen LogP contribution is -2.56. The van der Waals surface area contributed by atoms with Gasteiger partial charge in [-0.05, 0) is 64.3 Å². The van der Waals surface area contributed by atoms with E-state index in [0.29, 0.717) is 56.5 Å². The Balaban J connectivity index is 1.41. The van der Waals surface area contributed by atoms with Gasteiger partial charge in [0.05, 0.1) is 35.2 Å².